The van der Waals surface area contributed by atoms with E-state index in [0.717, 1.165) is 26.2 Å². The number of unbranched alkanes of at least 4 members (excludes halogenated alkanes) is 1. The van der Waals surface area contributed by atoms with Gasteiger partial charge in [0.2, 0.25) is 0 Å². The van der Waals surface area contributed by atoms with Crippen LogP contribution in [-0.4, -0.2) is 26.2 Å². The highest BCUT2D eigenvalue weighted by Gasteiger charge is 1.85. The van der Waals surface area contributed by atoms with Crippen molar-refractivity contribution < 1.29 is 0 Å². The van der Waals surface area contributed by atoms with Crippen LogP contribution in [0.3, 0.4) is 0 Å². The van der Waals surface area contributed by atoms with Crippen LogP contribution in [0.25, 0.3) is 0 Å². The Labute approximate surface area is 64.4 Å². The van der Waals surface area contributed by atoms with E-state index >= 15 is 0 Å². The summed E-state index contributed by atoms with van der Waals surface area (Å²) in [6.45, 7) is 10.0. The summed E-state index contributed by atoms with van der Waals surface area (Å²) in [6, 6.07) is 0. The van der Waals surface area contributed by atoms with Crippen molar-refractivity contribution in [2.75, 3.05) is 26.2 Å². The number of hydrogen-bond acceptors (Lipinski definition) is 2. The average Bonchev–Trinajstić information content (AvgIpc) is 1.97. The van der Waals surface area contributed by atoms with E-state index < -0.39 is 0 Å². The van der Waals surface area contributed by atoms with Gasteiger partial charge in [0.25, 0.3) is 0 Å². The summed E-state index contributed by atoms with van der Waals surface area (Å²) >= 11 is 0. The van der Waals surface area contributed by atoms with Crippen LogP contribution in [0.4, 0.5) is 0 Å². The lowest BCUT2D eigenvalue weighted by molar-refractivity contribution is 0.608. The van der Waals surface area contributed by atoms with E-state index in [9.17, 15) is 0 Å². The van der Waals surface area contributed by atoms with Crippen LogP contribution in [0.2, 0.25) is 0 Å². The maximum atomic E-state index is 3.69. The fourth-order valence-corrected chi connectivity index (χ4v) is 0.802. The fourth-order valence-electron chi connectivity index (χ4n) is 0.802. The molecule has 2 nitrogen and oxygen atoms in total. The number of rotatable bonds is 7. The summed E-state index contributed by atoms with van der Waals surface area (Å²) in [4.78, 5) is 0. The Morgan fingerprint density at radius 2 is 1.70 bits per heavy atom. The molecule has 0 saturated carbocycles. The van der Waals surface area contributed by atoms with Crippen molar-refractivity contribution in [2.24, 2.45) is 0 Å². The van der Waals surface area contributed by atoms with Crippen LogP contribution in [-0.2, 0) is 0 Å². The maximum absolute atomic E-state index is 3.69. The minimum absolute atomic E-state index is 0.848. The first kappa shape index (κ1) is 9.92. The van der Waals surface area contributed by atoms with Gasteiger partial charge < -0.3 is 10.6 Å². The largest absolute Gasteiger partial charge is 0.317 e. The second-order valence-electron chi connectivity index (χ2n) is 2.31. The molecule has 0 spiro atoms. The van der Waals surface area contributed by atoms with Gasteiger partial charge in [-0.05, 0) is 45.9 Å². The topological polar surface area (TPSA) is 24.1 Å². The minimum atomic E-state index is 0.848. The molecule has 0 amide bonds. The third kappa shape index (κ3) is 7.92. The second kappa shape index (κ2) is 8.92. The third-order valence-electron chi connectivity index (χ3n) is 1.38. The molecule has 2 N–H and O–H groups in total. The molecule has 61 valence electrons. The van der Waals surface area contributed by atoms with Gasteiger partial charge in [-0.1, -0.05) is 6.92 Å². The monoisotopic (exact) mass is 143 g/mol. The SMILES string of the molecule is [CH2]CNCCCCNCC. The van der Waals surface area contributed by atoms with E-state index in [-0.39, 0.29) is 0 Å². The van der Waals surface area contributed by atoms with Gasteiger partial charge in [0.05, 0.1) is 0 Å². The normalized spacial score (nSPS) is 10.2. The molecule has 1 radical (unpaired) electrons. The predicted molar refractivity (Wildman–Crippen MR) is 46.0 cm³/mol. The molecule has 0 aromatic rings. The Morgan fingerprint density at radius 3 is 2.20 bits per heavy atom. The summed E-state index contributed by atoms with van der Waals surface area (Å²) in [6.07, 6.45) is 2.52. The first-order valence-corrected chi connectivity index (χ1v) is 4.12. The predicted octanol–water partition coefficient (Wildman–Crippen LogP) is 0.800. The van der Waals surface area contributed by atoms with Crippen LogP contribution >= 0.6 is 0 Å². The van der Waals surface area contributed by atoms with E-state index in [1.807, 2.05) is 0 Å². The molecule has 0 heterocycles. The van der Waals surface area contributed by atoms with E-state index in [2.05, 4.69) is 24.5 Å². The van der Waals surface area contributed by atoms with Gasteiger partial charge in [0, 0.05) is 0 Å². The van der Waals surface area contributed by atoms with Crippen LogP contribution in [0, 0.1) is 6.92 Å². The molecule has 0 unspecified atom stereocenters. The Balaban J connectivity index is 2.65. The van der Waals surface area contributed by atoms with E-state index in [1.54, 1.807) is 0 Å². The molecule has 2 heteroatoms. The number of nitrogens with one attached hydrogen (secondary N) is 2. The molecule has 0 aliphatic carbocycles. The van der Waals surface area contributed by atoms with Crippen LogP contribution < -0.4 is 10.6 Å². The van der Waals surface area contributed by atoms with Crippen molar-refractivity contribution in [3.8, 4) is 0 Å². The highest BCUT2D eigenvalue weighted by atomic mass is 14.9. The molecular weight excluding hydrogens is 124 g/mol. The van der Waals surface area contributed by atoms with Gasteiger partial charge in [-0.15, -0.1) is 0 Å². The van der Waals surface area contributed by atoms with Gasteiger partial charge in [-0.3, -0.25) is 0 Å². The van der Waals surface area contributed by atoms with E-state index in [1.165, 1.54) is 12.8 Å². The average molecular weight is 143 g/mol. The highest BCUT2D eigenvalue weighted by molar-refractivity contribution is 4.50. The molecule has 0 aromatic heterocycles. The van der Waals surface area contributed by atoms with Gasteiger partial charge in [-0.2, -0.15) is 0 Å². The Morgan fingerprint density at radius 1 is 1.10 bits per heavy atom. The molecule has 10 heavy (non-hydrogen) atoms. The Hall–Kier alpha value is -0.0800. The summed E-state index contributed by atoms with van der Waals surface area (Å²) < 4.78 is 0. The van der Waals surface area contributed by atoms with Crippen molar-refractivity contribution in [3.63, 3.8) is 0 Å². The van der Waals surface area contributed by atoms with Gasteiger partial charge >= 0.3 is 0 Å². The van der Waals surface area contributed by atoms with Crippen LogP contribution in [0.1, 0.15) is 19.8 Å². The molecular formula is C8H19N2. The zero-order chi connectivity index (χ0) is 7.66. The zero-order valence-corrected chi connectivity index (χ0v) is 6.95. The molecule has 0 aliphatic rings. The van der Waals surface area contributed by atoms with Crippen LogP contribution in [0.15, 0.2) is 0 Å². The Kier molecular flexibility index (Phi) is 8.85. The molecule has 0 rings (SSSR count). The van der Waals surface area contributed by atoms with Crippen molar-refractivity contribution in [1.82, 2.24) is 10.6 Å². The fraction of sp³-hybridized carbons (Fsp3) is 0.875. The molecule has 0 fully saturated rings. The van der Waals surface area contributed by atoms with E-state index in [4.69, 9.17) is 0 Å². The lowest BCUT2D eigenvalue weighted by atomic mass is 10.3. The first-order chi connectivity index (χ1) is 4.91. The maximum Gasteiger partial charge on any atom is -0.00484 e. The first-order valence-electron chi connectivity index (χ1n) is 4.12. The second-order valence-corrected chi connectivity index (χ2v) is 2.31. The molecule has 0 atom stereocenters. The van der Waals surface area contributed by atoms with Crippen molar-refractivity contribution in [3.05, 3.63) is 6.92 Å². The highest BCUT2D eigenvalue weighted by Crippen LogP contribution is 1.82. The van der Waals surface area contributed by atoms with Gasteiger partial charge in [0.1, 0.15) is 0 Å². The quantitative estimate of drug-likeness (QED) is 0.515. The smallest absolute Gasteiger partial charge is 0.00484 e. The lowest BCUT2D eigenvalue weighted by Gasteiger charge is -2.01. The van der Waals surface area contributed by atoms with Gasteiger partial charge in [0.15, 0.2) is 0 Å². The third-order valence-corrected chi connectivity index (χ3v) is 1.38. The van der Waals surface area contributed by atoms with Crippen molar-refractivity contribution >= 4 is 0 Å². The summed E-state index contributed by atoms with van der Waals surface area (Å²) in [5.41, 5.74) is 0. The minimum Gasteiger partial charge on any atom is -0.317 e. The zero-order valence-electron chi connectivity index (χ0n) is 6.95. The summed E-state index contributed by atoms with van der Waals surface area (Å²) in [5, 5.41) is 6.47. The number of hydrogen-bond donors (Lipinski definition) is 2. The van der Waals surface area contributed by atoms with Crippen molar-refractivity contribution in [2.45, 2.75) is 19.8 Å². The Bertz CT molecular complexity index is 47.2. The summed E-state index contributed by atoms with van der Waals surface area (Å²) in [5.74, 6) is 0. The van der Waals surface area contributed by atoms with E-state index in [0.29, 0.717) is 0 Å². The standard InChI is InChI=1S/C8H19N2/c1-3-9-7-5-6-8-10-4-2/h9-10H,1,3-8H2,2H3. The molecule has 0 bridgehead atoms. The molecule has 0 aliphatic heterocycles. The summed E-state index contributed by atoms with van der Waals surface area (Å²) in [7, 11) is 0. The molecule has 0 saturated heterocycles. The van der Waals surface area contributed by atoms with Crippen molar-refractivity contribution in [1.29, 1.82) is 0 Å². The van der Waals surface area contributed by atoms with Crippen LogP contribution in [0.5, 0.6) is 0 Å². The van der Waals surface area contributed by atoms with Gasteiger partial charge in [-0.25, -0.2) is 0 Å². The molecule has 0 aromatic carbocycles. The lowest BCUT2D eigenvalue weighted by Crippen LogP contribution is -2.18.